The van der Waals surface area contributed by atoms with Gasteiger partial charge in [0.05, 0.1) is 17.1 Å². The van der Waals surface area contributed by atoms with Gasteiger partial charge in [0.25, 0.3) is 5.91 Å². The van der Waals surface area contributed by atoms with Crippen LogP contribution in [0.5, 0.6) is 0 Å². The predicted molar refractivity (Wildman–Crippen MR) is 140 cm³/mol. The number of hydrogen-bond acceptors (Lipinski definition) is 5. The van der Waals surface area contributed by atoms with Crippen molar-refractivity contribution in [3.8, 4) is 0 Å². The Hall–Kier alpha value is -4.35. The average Bonchev–Trinajstić information content (AvgIpc) is 3.33. The third-order valence-corrected chi connectivity index (χ3v) is 7.23. The van der Waals surface area contributed by atoms with Crippen molar-refractivity contribution in [3.63, 3.8) is 0 Å². The van der Waals surface area contributed by atoms with Crippen molar-refractivity contribution in [2.24, 2.45) is 7.05 Å². The van der Waals surface area contributed by atoms with Crippen LogP contribution in [0.25, 0.3) is 0 Å². The van der Waals surface area contributed by atoms with Crippen molar-refractivity contribution in [3.05, 3.63) is 114 Å². The second-order valence-electron chi connectivity index (χ2n) is 8.51. The van der Waals surface area contributed by atoms with Gasteiger partial charge >= 0.3 is 0 Å². The number of rotatable bonds is 10. The quantitative estimate of drug-likeness (QED) is 0.288. The predicted octanol–water partition coefficient (Wildman–Crippen LogP) is 3.02. The molecule has 0 unspecified atom stereocenters. The molecule has 1 aromatic heterocycles. The molecule has 0 saturated carbocycles. The summed E-state index contributed by atoms with van der Waals surface area (Å²) in [5.41, 5.74) is 2.10. The summed E-state index contributed by atoms with van der Waals surface area (Å²) in [5, 5.41) is 9.44. The van der Waals surface area contributed by atoms with Gasteiger partial charge in [-0.3, -0.25) is 14.3 Å². The van der Waals surface area contributed by atoms with E-state index in [4.69, 9.17) is 0 Å². The second kappa shape index (κ2) is 11.8. The number of anilines is 1. The van der Waals surface area contributed by atoms with Gasteiger partial charge in [-0.25, -0.2) is 17.5 Å². The number of carbonyl (C=O) groups is 2. The molecule has 196 valence electrons. The smallest absolute Gasteiger partial charge is 0.251 e. The fourth-order valence-corrected chi connectivity index (χ4v) is 4.67. The normalized spacial score (nSPS) is 12.1. The molecule has 0 fully saturated rings. The Balaban J connectivity index is 1.45. The molecule has 4 aromatic rings. The molecule has 11 heteroatoms. The molecule has 0 aliphatic carbocycles. The Bertz CT molecular complexity index is 1510. The van der Waals surface area contributed by atoms with Crippen LogP contribution < -0.4 is 15.4 Å². The zero-order chi connectivity index (χ0) is 27.1. The van der Waals surface area contributed by atoms with E-state index in [0.717, 1.165) is 5.56 Å². The number of aromatic nitrogens is 2. The van der Waals surface area contributed by atoms with E-state index in [1.807, 2.05) is 30.3 Å². The van der Waals surface area contributed by atoms with E-state index in [9.17, 15) is 22.4 Å². The SMILES string of the molecule is Cn1nccc1CNS(=O)(=O)c1ccc(NC(=O)[C@H](Cc2ccccc2)NC(=O)c2ccc(F)cc2)cc1. The maximum atomic E-state index is 13.3. The van der Waals surface area contributed by atoms with Crippen LogP contribution in [0.2, 0.25) is 0 Å². The van der Waals surface area contributed by atoms with E-state index >= 15 is 0 Å². The number of carbonyl (C=O) groups excluding carboxylic acids is 2. The number of nitrogens with zero attached hydrogens (tertiary/aromatic N) is 2. The summed E-state index contributed by atoms with van der Waals surface area (Å²) in [6, 6.07) is 20.6. The molecule has 3 N–H and O–H groups in total. The van der Waals surface area contributed by atoms with Crippen LogP contribution in [-0.2, 0) is 34.8 Å². The molecule has 0 saturated heterocycles. The molecule has 9 nitrogen and oxygen atoms in total. The van der Waals surface area contributed by atoms with E-state index in [2.05, 4.69) is 20.5 Å². The van der Waals surface area contributed by atoms with Gasteiger partial charge < -0.3 is 10.6 Å². The van der Waals surface area contributed by atoms with E-state index in [-0.39, 0.29) is 23.4 Å². The zero-order valence-electron chi connectivity index (χ0n) is 20.5. The first kappa shape index (κ1) is 26.7. The standard InChI is InChI=1S/C27H26FN5O4S/c1-33-23(15-16-29-33)18-30-38(36,37)24-13-11-22(12-14-24)31-27(35)25(17-19-5-3-2-4-6-19)32-26(34)20-7-9-21(28)10-8-20/h2-16,25,30H,17-18H2,1H3,(H,31,35)(H,32,34)/t25-/m0/s1. The number of halogens is 1. The van der Waals surface area contributed by atoms with Crippen LogP contribution in [-0.4, -0.2) is 36.1 Å². The Morgan fingerprint density at radius 2 is 1.63 bits per heavy atom. The number of hydrogen-bond donors (Lipinski definition) is 3. The molecule has 4 rings (SSSR count). The lowest BCUT2D eigenvalue weighted by molar-refractivity contribution is -0.118. The Morgan fingerprint density at radius 3 is 2.26 bits per heavy atom. The van der Waals surface area contributed by atoms with Crippen molar-refractivity contribution in [1.82, 2.24) is 19.8 Å². The molecule has 0 aliphatic rings. The molecule has 2 amide bonds. The molecule has 3 aromatic carbocycles. The van der Waals surface area contributed by atoms with Gasteiger partial charge in [0.1, 0.15) is 11.9 Å². The van der Waals surface area contributed by atoms with Crippen molar-refractivity contribution in [1.29, 1.82) is 0 Å². The monoisotopic (exact) mass is 535 g/mol. The molecule has 0 radical (unpaired) electrons. The maximum Gasteiger partial charge on any atom is 0.251 e. The molecule has 1 atom stereocenters. The molecule has 38 heavy (non-hydrogen) atoms. The summed E-state index contributed by atoms with van der Waals surface area (Å²) >= 11 is 0. The molecule has 0 spiro atoms. The topological polar surface area (TPSA) is 122 Å². The summed E-state index contributed by atoms with van der Waals surface area (Å²) in [6.45, 7) is 0.0756. The van der Waals surface area contributed by atoms with Crippen LogP contribution in [0.1, 0.15) is 21.6 Å². The first-order valence-electron chi connectivity index (χ1n) is 11.7. The third kappa shape index (κ3) is 6.90. The van der Waals surface area contributed by atoms with E-state index < -0.39 is 33.7 Å². The minimum Gasteiger partial charge on any atom is -0.340 e. The van der Waals surface area contributed by atoms with E-state index in [0.29, 0.717) is 11.4 Å². The van der Waals surface area contributed by atoms with Gasteiger partial charge in [-0.1, -0.05) is 30.3 Å². The van der Waals surface area contributed by atoms with Crippen molar-refractivity contribution in [2.45, 2.75) is 23.9 Å². The van der Waals surface area contributed by atoms with Gasteiger partial charge in [0.2, 0.25) is 15.9 Å². The van der Waals surface area contributed by atoms with Crippen LogP contribution in [0.15, 0.2) is 96.0 Å². The highest BCUT2D eigenvalue weighted by molar-refractivity contribution is 7.89. The summed E-state index contributed by atoms with van der Waals surface area (Å²) in [6.07, 6.45) is 1.79. The van der Waals surface area contributed by atoms with Crippen LogP contribution in [0.3, 0.4) is 0 Å². The highest BCUT2D eigenvalue weighted by Crippen LogP contribution is 2.16. The lowest BCUT2D eigenvalue weighted by atomic mass is 10.0. The fraction of sp³-hybridized carbons (Fsp3) is 0.148. The average molecular weight is 536 g/mol. The maximum absolute atomic E-state index is 13.3. The number of nitrogens with one attached hydrogen (secondary N) is 3. The minimum atomic E-state index is -3.79. The fourth-order valence-electron chi connectivity index (χ4n) is 3.68. The van der Waals surface area contributed by atoms with Crippen molar-refractivity contribution >= 4 is 27.5 Å². The first-order chi connectivity index (χ1) is 18.2. The minimum absolute atomic E-state index is 0.0307. The number of sulfonamides is 1. The Kier molecular flexibility index (Phi) is 8.29. The van der Waals surface area contributed by atoms with Gasteiger partial charge in [-0.2, -0.15) is 5.10 Å². The molecular weight excluding hydrogens is 509 g/mol. The van der Waals surface area contributed by atoms with Crippen LogP contribution in [0, 0.1) is 5.82 Å². The van der Waals surface area contributed by atoms with Gasteiger partial charge in [0.15, 0.2) is 0 Å². The van der Waals surface area contributed by atoms with Crippen LogP contribution >= 0.6 is 0 Å². The Morgan fingerprint density at radius 1 is 0.947 bits per heavy atom. The summed E-state index contributed by atoms with van der Waals surface area (Å²) in [7, 11) is -2.08. The highest BCUT2D eigenvalue weighted by Gasteiger charge is 2.23. The van der Waals surface area contributed by atoms with Gasteiger partial charge in [-0.05, 0) is 60.2 Å². The highest BCUT2D eigenvalue weighted by atomic mass is 32.2. The zero-order valence-corrected chi connectivity index (χ0v) is 21.3. The Labute approximate surface area is 219 Å². The summed E-state index contributed by atoms with van der Waals surface area (Å²) < 4.78 is 42.7. The van der Waals surface area contributed by atoms with Crippen molar-refractivity contribution < 1.29 is 22.4 Å². The molecular formula is C27H26FN5O4S. The number of benzene rings is 3. The lowest BCUT2D eigenvalue weighted by Gasteiger charge is -2.19. The first-order valence-corrected chi connectivity index (χ1v) is 13.2. The number of amides is 2. The number of aryl methyl sites for hydroxylation is 1. The molecule has 0 bridgehead atoms. The van der Waals surface area contributed by atoms with E-state index in [1.54, 1.807) is 24.0 Å². The van der Waals surface area contributed by atoms with Gasteiger partial charge in [-0.15, -0.1) is 0 Å². The second-order valence-corrected chi connectivity index (χ2v) is 10.3. The summed E-state index contributed by atoms with van der Waals surface area (Å²) in [5.74, 6) is -1.49. The van der Waals surface area contributed by atoms with Gasteiger partial charge in [0, 0.05) is 30.9 Å². The van der Waals surface area contributed by atoms with Crippen LogP contribution in [0.4, 0.5) is 10.1 Å². The summed E-state index contributed by atoms with van der Waals surface area (Å²) in [4.78, 5) is 25.9. The van der Waals surface area contributed by atoms with E-state index in [1.165, 1.54) is 48.5 Å². The largest absolute Gasteiger partial charge is 0.340 e. The molecule has 0 aliphatic heterocycles. The third-order valence-electron chi connectivity index (χ3n) is 5.81. The van der Waals surface area contributed by atoms with Crippen molar-refractivity contribution in [2.75, 3.05) is 5.32 Å². The molecule has 1 heterocycles. The lowest BCUT2D eigenvalue weighted by Crippen LogP contribution is -2.45.